The number of benzene rings is 1. The Bertz CT molecular complexity index is 646. The quantitative estimate of drug-likeness (QED) is 0.104. The zero-order valence-corrected chi connectivity index (χ0v) is 25.5. The summed E-state index contributed by atoms with van der Waals surface area (Å²) in [7, 11) is 0. The molecule has 0 saturated heterocycles. The molecule has 0 spiro atoms. The molecule has 5 nitrogen and oxygen atoms in total. The van der Waals surface area contributed by atoms with Gasteiger partial charge in [-0.15, -0.1) is 0 Å². The molecule has 1 rings (SSSR count). The second-order valence-corrected chi connectivity index (χ2v) is 23.0. The van der Waals surface area contributed by atoms with Crippen LogP contribution in [0.4, 0.5) is 0 Å². The minimum absolute atomic E-state index is 0.0424. The third kappa shape index (κ3) is 10.9. The van der Waals surface area contributed by atoms with E-state index < -0.39 is 30.2 Å². The first-order chi connectivity index (χ1) is 16.2. The fourth-order valence-corrected chi connectivity index (χ4v) is 18.6. The molecule has 6 heteroatoms. The van der Waals surface area contributed by atoms with Crippen molar-refractivity contribution in [3.63, 3.8) is 0 Å². The number of nitrogens with two attached hydrogens (primary N) is 1. The van der Waals surface area contributed by atoms with Crippen LogP contribution in [-0.4, -0.2) is 48.7 Å². The fraction of sp³-hybridized carbons (Fsp3) is 0.714. The van der Waals surface area contributed by atoms with Gasteiger partial charge in [-0.2, -0.15) is 0 Å². The van der Waals surface area contributed by atoms with Crippen LogP contribution >= 0.6 is 0 Å². The van der Waals surface area contributed by atoms with Crippen LogP contribution in [0.25, 0.3) is 0 Å². The van der Waals surface area contributed by atoms with Crippen molar-refractivity contribution in [3.8, 4) is 11.5 Å². The van der Waals surface area contributed by atoms with Crippen LogP contribution in [0.3, 0.4) is 0 Å². The molecule has 0 aliphatic rings. The number of ether oxygens (including phenoxy) is 3. The van der Waals surface area contributed by atoms with Crippen LogP contribution in [0.5, 0.6) is 11.5 Å². The Kier molecular flexibility index (Phi) is 15.5. The van der Waals surface area contributed by atoms with Gasteiger partial charge < -0.3 is 5.11 Å². The van der Waals surface area contributed by atoms with E-state index >= 15 is 0 Å². The van der Waals surface area contributed by atoms with E-state index in [2.05, 4.69) is 30.9 Å². The first-order valence-corrected chi connectivity index (χ1v) is 21.1. The van der Waals surface area contributed by atoms with Crippen LogP contribution in [0.1, 0.15) is 80.1 Å². The van der Waals surface area contributed by atoms with Crippen molar-refractivity contribution in [2.24, 2.45) is 11.7 Å². The van der Waals surface area contributed by atoms with Crippen LogP contribution in [-0.2, 0) is 4.74 Å². The molecule has 0 aromatic heterocycles. The van der Waals surface area contributed by atoms with Crippen molar-refractivity contribution in [3.05, 3.63) is 34.4 Å². The molecule has 2 atom stereocenters. The average Bonchev–Trinajstić information content (AvgIpc) is 2.82. The number of rotatable bonds is 19. The number of aliphatic hydroxyl groups excluding tert-OH is 1. The Morgan fingerprint density at radius 3 is 1.85 bits per heavy atom. The molecule has 0 aliphatic heterocycles. The molecule has 1 aromatic rings. The van der Waals surface area contributed by atoms with E-state index in [9.17, 15) is 5.11 Å². The van der Waals surface area contributed by atoms with Crippen molar-refractivity contribution in [2.75, 3.05) is 13.4 Å². The van der Waals surface area contributed by atoms with E-state index in [4.69, 9.17) is 19.9 Å². The van der Waals surface area contributed by atoms with Gasteiger partial charge in [-0.3, -0.25) is 5.73 Å². The zero-order chi connectivity index (χ0) is 25.5. The van der Waals surface area contributed by atoms with E-state index in [1.807, 2.05) is 26.0 Å². The molecule has 3 N–H and O–H groups in total. The molecule has 34 heavy (non-hydrogen) atoms. The Hall–Kier alpha value is -0.761. The third-order valence-corrected chi connectivity index (χ3v) is 21.0. The van der Waals surface area contributed by atoms with Crippen molar-refractivity contribution < 1.29 is 19.3 Å². The summed E-state index contributed by atoms with van der Waals surface area (Å²) in [5.41, 5.74) is 5.13. The van der Waals surface area contributed by atoms with Gasteiger partial charge in [0, 0.05) is 5.92 Å². The molecule has 0 heterocycles. The molecular weight excluding hydrogens is 533 g/mol. The maximum atomic E-state index is 10.0. The Balaban J connectivity index is 2.57. The topological polar surface area (TPSA) is 73.9 Å². The Morgan fingerprint density at radius 2 is 1.41 bits per heavy atom. The van der Waals surface area contributed by atoms with E-state index in [1.54, 1.807) is 19.1 Å². The first kappa shape index (κ1) is 31.3. The molecule has 1 aromatic carbocycles. The number of unbranched alkanes of at least 4 members (excludes halogenated alkanes) is 3. The first-order valence-electron chi connectivity index (χ1n) is 13.4. The van der Waals surface area contributed by atoms with E-state index in [0.717, 1.165) is 0 Å². The molecular formula is C28H51NO4Sn. The summed E-state index contributed by atoms with van der Waals surface area (Å²) in [5.74, 6) is 1.27. The summed E-state index contributed by atoms with van der Waals surface area (Å²) < 4.78 is 24.4. The van der Waals surface area contributed by atoms with Gasteiger partial charge in [0.1, 0.15) is 6.10 Å². The molecule has 0 amide bonds. The second-order valence-electron chi connectivity index (χ2n) is 9.97. The van der Waals surface area contributed by atoms with Gasteiger partial charge >= 0.3 is 170 Å². The predicted octanol–water partition coefficient (Wildman–Crippen LogP) is 7.05. The summed E-state index contributed by atoms with van der Waals surface area (Å²) in [5, 5.41) is 10.0. The third-order valence-electron chi connectivity index (χ3n) is 6.75. The van der Waals surface area contributed by atoms with Gasteiger partial charge in [-0.25, -0.2) is 0 Å². The number of aliphatic hydroxyl groups is 1. The van der Waals surface area contributed by atoms with Crippen LogP contribution in [0.15, 0.2) is 34.4 Å². The Morgan fingerprint density at radius 1 is 0.912 bits per heavy atom. The minimum atomic E-state index is -2.23. The summed E-state index contributed by atoms with van der Waals surface area (Å²) in [4.78, 5) is 0. The molecule has 2 unspecified atom stereocenters. The van der Waals surface area contributed by atoms with Gasteiger partial charge in [-0.05, 0) is 6.92 Å². The molecule has 0 aliphatic carbocycles. The van der Waals surface area contributed by atoms with Gasteiger partial charge in [0.05, 0.1) is 0 Å². The normalized spacial score (nSPS) is 15.0. The number of hydrogen-bond acceptors (Lipinski definition) is 5. The van der Waals surface area contributed by atoms with Crippen molar-refractivity contribution in [1.29, 1.82) is 0 Å². The van der Waals surface area contributed by atoms with Crippen molar-refractivity contribution in [1.82, 2.24) is 0 Å². The van der Waals surface area contributed by atoms with Crippen LogP contribution in [0.2, 0.25) is 13.3 Å². The fourth-order valence-electron chi connectivity index (χ4n) is 4.23. The SMILES string of the molecule is CCC[CH2][Sn]([CH]=CCOCOc1ccc(OC(N)(C(C)C)C(C)O)cc1)([CH2]CCC)[CH2]CCC. The predicted molar refractivity (Wildman–Crippen MR) is 146 cm³/mol. The summed E-state index contributed by atoms with van der Waals surface area (Å²) >= 11 is -2.23. The van der Waals surface area contributed by atoms with Gasteiger partial charge in [-0.1, -0.05) is 13.8 Å². The Labute approximate surface area is 213 Å². The molecule has 196 valence electrons. The monoisotopic (exact) mass is 585 g/mol. The number of hydrogen-bond donors (Lipinski definition) is 2. The van der Waals surface area contributed by atoms with Crippen molar-refractivity contribution in [2.45, 2.75) is 105 Å². The standard InChI is InChI=1S/C16H24NO4.3C4H9.Sn/c1-5-10-19-11-20-14-6-8-15(9-7-14)21-16(17,12(2)3)13(4)18;3*1-3-4-2;/h1,5-9,12-13,18H,10-11,17H2,2-4H3;3*1,3-4H2,2H3;. The van der Waals surface area contributed by atoms with E-state index in [-0.39, 0.29) is 12.7 Å². The van der Waals surface area contributed by atoms with Crippen LogP contribution < -0.4 is 15.2 Å². The van der Waals surface area contributed by atoms with Gasteiger partial charge in [0.2, 0.25) is 0 Å². The maximum absolute atomic E-state index is 10.0. The van der Waals surface area contributed by atoms with E-state index in [0.29, 0.717) is 18.1 Å². The zero-order valence-electron chi connectivity index (χ0n) is 22.6. The summed E-state index contributed by atoms with van der Waals surface area (Å²) in [6, 6.07) is 7.28. The molecule has 0 fully saturated rings. The average molecular weight is 584 g/mol. The second kappa shape index (κ2) is 16.8. The van der Waals surface area contributed by atoms with Gasteiger partial charge in [0.15, 0.2) is 0 Å². The van der Waals surface area contributed by atoms with Crippen molar-refractivity contribution >= 4 is 18.4 Å². The summed E-state index contributed by atoms with van der Waals surface area (Å²) in [6.45, 7) is 13.3. The summed E-state index contributed by atoms with van der Waals surface area (Å²) in [6.07, 6.45) is 9.48. The molecule has 0 saturated carbocycles. The molecule has 0 radical (unpaired) electrons. The van der Waals surface area contributed by atoms with Gasteiger partial charge in [0.25, 0.3) is 0 Å². The molecule has 0 bridgehead atoms. The van der Waals surface area contributed by atoms with Crippen LogP contribution in [0, 0.1) is 5.92 Å². The van der Waals surface area contributed by atoms with E-state index in [1.165, 1.54) is 51.8 Å².